The average molecular weight is 309 g/mol. The first-order valence-electron chi connectivity index (χ1n) is 7.63. The van der Waals surface area contributed by atoms with Crippen LogP contribution in [0.15, 0.2) is 0 Å². The highest BCUT2D eigenvalue weighted by Crippen LogP contribution is 2.31. The lowest BCUT2D eigenvalue weighted by molar-refractivity contribution is 0.195. The van der Waals surface area contributed by atoms with Gasteiger partial charge < -0.3 is 20.0 Å². The summed E-state index contributed by atoms with van der Waals surface area (Å²) in [6.45, 7) is 9.14. The molecule has 1 fully saturated rings. The summed E-state index contributed by atoms with van der Waals surface area (Å²) >= 11 is 1.76. The molecule has 0 aliphatic carbocycles. The van der Waals surface area contributed by atoms with E-state index in [0.717, 1.165) is 50.8 Å². The molecule has 1 aromatic heterocycles. The van der Waals surface area contributed by atoms with E-state index in [0.29, 0.717) is 6.54 Å². The Bertz CT molecular complexity index is 509. The number of nitrogens with zero attached hydrogens (tertiary/aromatic N) is 4. The van der Waals surface area contributed by atoms with Gasteiger partial charge in [-0.05, 0) is 6.54 Å². The average Bonchev–Trinajstić information content (AvgIpc) is 2.97. The minimum absolute atomic E-state index is 0.00663. The van der Waals surface area contributed by atoms with Crippen molar-refractivity contribution >= 4 is 22.5 Å². The summed E-state index contributed by atoms with van der Waals surface area (Å²) in [5, 5.41) is 3.84. The number of piperazine rings is 1. The third-order valence-corrected chi connectivity index (χ3v) is 5.45. The molecule has 2 amide bonds. The molecule has 21 heavy (non-hydrogen) atoms. The van der Waals surface area contributed by atoms with Crippen LogP contribution in [0.4, 0.5) is 9.93 Å². The molecule has 0 aromatic carbocycles. The van der Waals surface area contributed by atoms with E-state index in [-0.39, 0.29) is 6.03 Å². The van der Waals surface area contributed by atoms with Gasteiger partial charge in [-0.25, -0.2) is 9.78 Å². The van der Waals surface area contributed by atoms with Gasteiger partial charge in [0, 0.05) is 51.1 Å². The molecule has 116 valence electrons. The van der Waals surface area contributed by atoms with Crippen LogP contribution in [0.5, 0.6) is 0 Å². The van der Waals surface area contributed by atoms with Gasteiger partial charge in [0.05, 0.1) is 12.2 Å². The van der Waals surface area contributed by atoms with E-state index in [1.165, 1.54) is 10.6 Å². The van der Waals surface area contributed by atoms with Crippen molar-refractivity contribution in [3.05, 3.63) is 10.6 Å². The smallest absolute Gasteiger partial charge is 0.317 e. The zero-order valence-corrected chi connectivity index (χ0v) is 13.6. The fraction of sp³-hybridized carbons (Fsp3) is 0.714. The molecule has 1 N–H and O–H groups in total. The third-order valence-electron chi connectivity index (χ3n) is 4.31. The molecule has 0 spiro atoms. The van der Waals surface area contributed by atoms with Crippen molar-refractivity contribution in [1.29, 1.82) is 0 Å². The highest BCUT2D eigenvalue weighted by molar-refractivity contribution is 7.15. The van der Waals surface area contributed by atoms with Gasteiger partial charge in [-0.15, -0.1) is 0 Å². The lowest BCUT2D eigenvalue weighted by Crippen LogP contribution is -2.46. The molecule has 1 saturated heterocycles. The topological polar surface area (TPSA) is 51.7 Å². The van der Waals surface area contributed by atoms with Crippen molar-refractivity contribution in [3.63, 3.8) is 0 Å². The summed E-state index contributed by atoms with van der Waals surface area (Å²) in [7, 11) is 1.68. The van der Waals surface area contributed by atoms with Crippen LogP contribution in [0.1, 0.15) is 17.5 Å². The van der Waals surface area contributed by atoms with Crippen LogP contribution in [-0.4, -0.2) is 67.1 Å². The maximum Gasteiger partial charge on any atom is 0.317 e. The van der Waals surface area contributed by atoms with Crippen LogP contribution in [0.3, 0.4) is 0 Å². The van der Waals surface area contributed by atoms with Crippen molar-refractivity contribution < 1.29 is 4.79 Å². The Hall–Kier alpha value is -1.34. The zero-order valence-electron chi connectivity index (χ0n) is 12.8. The number of thiazole rings is 1. The predicted molar refractivity (Wildman–Crippen MR) is 85.0 cm³/mol. The number of hydrogen-bond donors (Lipinski definition) is 1. The van der Waals surface area contributed by atoms with Crippen LogP contribution in [0.2, 0.25) is 0 Å². The Morgan fingerprint density at radius 2 is 2.05 bits per heavy atom. The summed E-state index contributed by atoms with van der Waals surface area (Å²) in [5.41, 5.74) is 1.19. The Morgan fingerprint density at radius 3 is 2.71 bits per heavy atom. The SMILES string of the molecule is CCN1CCN(c2nc3c(s2)CN(C(=O)NC)CC3)CC1. The van der Waals surface area contributed by atoms with Gasteiger partial charge >= 0.3 is 6.03 Å². The number of carbonyl (C=O) groups is 1. The predicted octanol–water partition coefficient (Wildman–Crippen LogP) is 0.982. The Balaban J connectivity index is 1.68. The van der Waals surface area contributed by atoms with Gasteiger partial charge in [0.15, 0.2) is 5.13 Å². The lowest BCUT2D eigenvalue weighted by Gasteiger charge is -2.33. The molecule has 7 heteroatoms. The van der Waals surface area contributed by atoms with E-state index < -0.39 is 0 Å². The number of amides is 2. The van der Waals surface area contributed by atoms with E-state index in [4.69, 9.17) is 4.98 Å². The van der Waals surface area contributed by atoms with Crippen LogP contribution in [-0.2, 0) is 13.0 Å². The highest BCUT2D eigenvalue weighted by atomic mass is 32.1. The van der Waals surface area contributed by atoms with Gasteiger partial charge in [0.1, 0.15) is 0 Å². The molecule has 2 aliphatic heterocycles. The van der Waals surface area contributed by atoms with Crippen LogP contribution >= 0.6 is 11.3 Å². The van der Waals surface area contributed by atoms with Crippen molar-refractivity contribution in [1.82, 2.24) is 20.1 Å². The number of carbonyl (C=O) groups excluding carboxylic acids is 1. The molecule has 0 bridgehead atoms. The molecular formula is C14H23N5OS. The first-order chi connectivity index (χ1) is 10.2. The minimum Gasteiger partial charge on any atom is -0.346 e. The second kappa shape index (κ2) is 6.19. The fourth-order valence-electron chi connectivity index (χ4n) is 2.90. The largest absolute Gasteiger partial charge is 0.346 e. The van der Waals surface area contributed by atoms with Gasteiger partial charge in [0.2, 0.25) is 0 Å². The summed E-state index contributed by atoms with van der Waals surface area (Å²) in [6.07, 6.45) is 0.869. The number of aromatic nitrogens is 1. The molecule has 3 heterocycles. The number of likely N-dealkylation sites (N-methyl/N-ethyl adjacent to an activating group) is 1. The quantitative estimate of drug-likeness (QED) is 0.885. The lowest BCUT2D eigenvalue weighted by atomic mass is 10.2. The summed E-state index contributed by atoms with van der Waals surface area (Å²) in [6, 6.07) is 0.00663. The molecule has 0 atom stereocenters. The highest BCUT2D eigenvalue weighted by Gasteiger charge is 2.26. The molecule has 1 aromatic rings. The molecule has 0 saturated carbocycles. The van der Waals surface area contributed by atoms with Crippen molar-refractivity contribution in [3.8, 4) is 0 Å². The number of urea groups is 1. The van der Waals surface area contributed by atoms with E-state index in [2.05, 4.69) is 22.0 Å². The summed E-state index contributed by atoms with van der Waals surface area (Å²) in [4.78, 5) is 24.5. The maximum atomic E-state index is 11.7. The van der Waals surface area contributed by atoms with Crippen LogP contribution in [0, 0.1) is 0 Å². The third kappa shape index (κ3) is 2.98. The fourth-order valence-corrected chi connectivity index (χ4v) is 4.08. The number of anilines is 1. The number of fused-ring (bicyclic) bond motifs is 1. The summed E-state index contributed by atoms with van der Waals surface area (Å²) in [5.74, 6) is 0. The standard InChI is InChI=1S/C14H23N5OS/c1-3-17-6-8-18(9-7-17)14-16-11-4-5-19(13(20)15-2)10-12(11)21-14/h3-10H2,1-2H3,(H,15,20). The first kappa shape index (κ1) is 14.6. The second-order valence-electron chi connectivity index (χ2n) is 5.51. The van der Waals surface area contributed by atoms with Gasteiger partial charge in [-0.3, -0.25) is 0 Å². The van der Waals surface area contributed by atoms with Gasteiger partial charge in [-0.1, -0.05) is 18.3 Å². The Kier molecular flexibility index (Phi) is 4.30. The second-order valence-corrected chi connectivity index (χ2v) is 6.58. The molecule has 0 radical (unpaired) electrons. The van der Waals surface area contributed by atoms with Gasteiger partial charge in [-0.2, -0.15) is 0 Å². The number of nitrogens with one attached hydrogen (secondary N) is 1. The molecule has 0 unspecified atom stereocenters. The van der Waals surface area contributed by atoms with E-state index in [1.807, 2.05) is 4.90 Å². The van der Waals surface area contributed by atoms with Crippen molar-refractivity contribution in [2.45, 2.75) is 19.9 Å². The molecular weight excluding hydrogens is 286 g/mol. The molecule has 2 aliphatic rings. The van der Waals surface area contributed by atoms with E-state index in [1.54, 1.807) is 18.4 Å². The first-order valence-corrected chi connectivity index (χ1v) is 8.45. The Morgan fingerprint density at radius 1 is 1.29 bits per heavy atom. The van der Waals surface area contributed by atoms with Crippen molar-refractivity contribution in [2.75, 3.05) is 51.2 Å². The number of rotatable bonds is 2. The van der Waals surface area contributed by atoms with Crippen LogP contribution < -0.4 is 10.2 Å². The normalized spacial score (nSPS) is 19.5. The monoisotopic (exact) mass is 309 g/mol. The minimum atomic E-state index is 0.00663. The van der Waals surface area contributed by atoms with Gasteiger partial charge in [0.25, 0.3) is 0 Å². The molecule has 3 rings (SSSR count). The number of hydrogen-bond acceptors (Lipinski definition) is 5. The van der Waals surface area contributed by atoms with Crippen molar-refractivity contribution in [2.24, 2.45) is 0 Å². The maximum absolute atomic E-state index is 11.7. The molecule has 6 nitrogen and oxygen atoms in total. The Labute approximate surface area is 129 Å². The zero-order chi connectivity index (χ0) is 14.8. The summed E-state index contributed by atoms with van der Waals surface area (Å²) < 4.78 is 0. The van der Waals surface area contributed by atoms with E-state index in [9.17, 15) is 4.79 Å². The van der Waals surface area contributed by atoms with Crippen LogP contribution in [0.25, 0.3) is 0 Å². The van der Waals surface area contributed by atoms with E-state index >= 15 is 0 Å².